The number of hydrogen-bond donors (Lipinski definition) is 3. The molecule has 0 aliphatic carbocycles. The van der Waals surface area contributed by atoms with E-state index in [0.29, 0.717) is 6.04 Å². The Morgan fingerprint density at radius 3 is 2.92 bits per heavy atom. The van der Waals surface area contributed by atoms with E-state index in [0.717, 1.165) is 0 Å². The third-order valence-electron chi connectivity index (χ3n) is 1.32. The summed E-state index contributed by atoms with van der Waals surface area (Å²) in [5, 5.41) is 16.2. The van der Waals surface area contributed by atoms with Crippen LogP contribution in [0.4, 0.5) is 0 Å². The first-order valence-corrected chi connectivity index (χ1v) is 4.65. The van der Waals surface area contributed by atoms with E-state index < -0.39 is 5.97 Å². The van der Waals surface area contributed by atoms with Gasteiger partial charge in [-0.1, -0.05) is 11.8 Å². The van der Waals surface area contributed by atoms with Gasteiger partial charge in [0.1, 0.15) is 11.2 Å². The normalized spacial score (nSPS) is 22.2. The standard InChI is InChI=1S/C7H12N2O2S/c1-4(2)8-7-9-5(3-12-7)6(10)11/h3-4,7-9H,1-2H3,(H,10,11). The quantitative estimate of drug-likeness (QED) is 0.603. The van der Waals surface area contributed by atoms with Crippen molar-refractivity contribution in [3.63, 3.8) is 0 Å². The summed E-state index contributed by atoms with van der Waals surface area (Å²) < 4.78 is 0. The molecule has 4 nitrogen and oxygen atoms in total. The zero-order chi connectivity index (χ0) is 9.14. The highest BCUT2D eigenvalue weighted by molar-refractivity contribution is 8.02. The van der Waals surface area contributed by atoms with Gasteiger partial charge in [-0.2, -0.15) is 0 Å². The number of carboxylic acid groups (broad SMARTS) is 1. The molecular weight excluding hydrogens is 176 g/mol. The summed E-state index contributed by atoms with van der Waals surface area (Å²) in [5.74, 6) is -0.907. The van der Waals surface area contributed by atoms with Crippen molar-refractivity contribution in [3.05, 3.63) is 11.1 Å². The zero-order valence-corrected chi connectivity index (χ0v) is 7.81. The fourth-order valence-electron chi connectivity index (χ4n) is 0.841. The topological polar surface area (TPSA) is 61.4 Å². The van der Waals surface area contributed by atoms with Crippen molar-refractivity contribution < 1.29 is 9.90 Å². The van der Waals surface area contributed by atoms with E-state index in [1.165, 1.54) is 11.8 Å². The van der Waals surface area contributed by atoms with Crippen LogP contribution in [0.3, 0.4) is 0 Å². The summed E-state index contributed by atoms with van der Waals surface area (Å²) in [6.07, 6.45) is 0. The van der Waals surface area contributed by atoms with Crippen LogP contribution in [0.1, 0.15) is 13.8 Å². The van der Waals surface area contributed by atoms with Crippen LogP contribution >= 0.6 is 11.8 Å². The van der Waals surface area contributed by atoms with E-state index in [2.05, 4.69) is 10.6 Å². The molecule has 12 heavy (non-hydrogen) atoms. The highest BCUT2D eigenvalue weighted by atomic mass is 32.2. The lowest BCUT2D eigenvalue weighted by Gasteiger charge is -2.16. The maximum absolute atomic E-state index is 10.5. The van der Waals surface area contributed by atoms with Gasteiger partial charge in [0.25, 0.3) is 0 Å². The average molecular weight is 188 g/mol. The number of nitrogens with one attached hydrogen (secondary N) is 2. The first-order valence-electron chi connectivity index (χ1n) is 3.71. The van der Waals surface area contributed by atoms with E-state index >= 15 is 0 Å². The van der Waals surface area contributed by atoms with Gasteiger partial charge >= 0.3 is 5.97 Å². The SMILES string of the molecule is CC(C)NC1NC(C(=O)O)=CS1. The second kappa shape index (κ2) is 3.82. The van der Waals surface area contributed by atoms with Crippen LogP contribution in [0.15, 0.2) is 11.1 Å². The van der Waals surface area contributed by atoms with E-state index in [1.54, 1.807) is 5.41 Å². The number of aliphatic carboxylic acids is 1. The van der Waals surface area contributed by atoms with E-state index in [1.807, 2.05) is 13.8 Å². The number of carbonyl (C=O) groups is 1. The molecule has 1 rings (SSSR count). The largest absolute Gasteiger partial charge is 0.477 e. The fraction of sp³-hybridized carbons (Fsp3) is 0.571. The highest BCUT2D eigenvalue weighted by Crippen LogP contribution is 2.18. The molecule has 0 saturated carbocycles. The molecule has 0 aromatic carbocycles. The fourth-order valence-corrected chi connectivity index (χ4v) is 1.83. The van der Waals surface area contributed by atoms with Gasteiger partial charge in [-0.05, 0) is 13.8 Å². The Hall–Kier alpha value is -0.680. The lowest BCUT2D eigenvalue weighted by atomic mass is 10.4. The first kappa shape index (κ1) is 9.41. The van der Waals surface area contributed by atoms with Gasteiger partial charge in [-0.15, -0.1) is 0 Å². The molecule has 0 spiro atoms. The van der Waals surface area contributed by atoms with Gasteiger partial charge in [0.2, 0.25) is 0 Å². The number of thioether (sulfide) groups is 1. The predicted octanol–water partition coefficient (Wildman–Crippen LogP) is 0.530. The van der Waals surface area contributed by atoms with Gasteiger partial charge in [-0.25, -0.2) is 4.79 Å². The van der Waals surface area contributed by atoms with Gasteiger partial charge in [0.15, 0.2) is 0 Å². The molecule has 1 unspecified atom stereocenters. The molecule has 0 radical (unpaired) electrons. The third-order valence-corrected chi connectivity index (χ3v) is 2.22. The van der Waals surface area contributed by atoms with Crippen LogP contribution in [-0.4, -0.2) is 22.6 Å². The Labute approximate surface area is 75.4 Å². The van der Waals surface area contributed by atoms with Crippen molar-refractivity contribution >= 4 is 17.7 Å². The number of rotatable bonds is 3. The summed E-state index contributed by atoms with van der Waals surface area (Å²) in [6, 6.07) is 0.344. The van der Waals surface area contributed by atoms with Crippen LogP contribution in [0.25, 0.3) is 0 Å². The lowest BCUT2D eigenvalue weighted by Crippen LogP contribution is -2.40. The van der Waals surface area contributed by atoms with E-state index in [9.17, 15) is 4.79 Å². The Morgan fingerprint density at radius 1 is 1.83 bits per heavy atom. The molecule has 1 aliphatic heterocycles. The molecule has 5 heteroatoms. The summed E-state index contributed by atoms with van der Waals surface area (Å²) in [7, 11) is 0. The molecule has 1 aliphatic rings. The molecular formula is C7H12N2O2S. The van der Waals surface area contributed by atoms with Crippen LogP contribution in [0.5, 0.6) is 0 Å². The van der Waals surface area contributed by atoms with Gasteiger partial charge in [0, 0.05) is 11.4 Å². The highest BCUT2D eigenvalue weighted by Gasteiger charge is 2.20. The molecule has 0 aromatic heterocycles. The minimum atomic E-state index is -0.907. The Balaban J connectivity index is 2.37. The molecule has 3 N–H and O–H groups in total. The predicted molar refractivity (Wildman–Crippen MR) is 48.5 cm³/mol. The molecule has 0 aromatic rings. The second-order valence-electron chi connectivity index (χ2n) is 2.82. The number of hydrogen-bond acceptors (Lipinski definition) is 4. The molecule has 1 heterocycles. The Morgan fingerprint density at radius 2 is 2.50 bits per heavy atom. The van der Waals surface area contributed by atoms with Crippen LogP contribution < -0.4 is 10.6 Å². The zero-order valence-electron chi connectivity index (χ0n) is 7.00. The minimum Gasteiger partial charge on any atom is -0.477 e. The average Bonchev–Trinajstić information content (AvgIpc) is 2.34. The van der Waals surface area contributed by atoms with Crippen molar-refractivity contribution in [1.29, 1.82) is 0 Å². The summed E-state index contributed by atoms with van der Waals surface area (Å²) in [4.78, 5) is 10.5. The summed E-state index contributed by atoms with van der Waals surface area (Å²) >= 11 is 1.44. The van der Waals surface area contributed by atoms with Gasteiger partial charge in [0.05, 0.1) is 0 Å². The summed E-state index contributed by atoms with van der Waals surface area (Å²) in [6.45, 7) is 4.03. The van der Waals surface area contributed by atoms with Crippen molar-refractivity contribution in [2.45, 2.75) is 25.4 Å². The second-order valence-corrected chi connectivity index (χ2v) is 3.80. The monoisotopic (exact) mass is 188 g/mol. The molecule has 68 valence electrons. The van der Waals surface area contributed by atoms with Crippen LogP contribution in [-0.2, 0) is 4.79 Å². The Kier molecular flexibility index (Phi) is 2.99. The van der Waals surface area contributed by atoms with Gasteiger partial charge < -0.3 is 10.4 Å². The van der Waals surface area contributed by atoms with Crippen LogP contribution in [0.2, 0.25) is 0 Å². The van der Waals surface area contributed by atoms with E-state index in [4.69, 9.17) is 5.11 Å². The minimum absolute atomic E-state index is 0.00361. The summed E-state index contributed by atoms with van der Waals surface area (Å²) in [5.41, 5.74) is 0.259. The molecule has 0 amide bonds. The van der Waals surface area contributed by atoms with Crippen molar-refractivity contribution in [1.82, 2.24) is 10.6 Å². The van der Waals surface area contributed by atoms with Crippen LogP contribution in [0, 0.1) is 0 Å². The van der Waals surface area contributed by atoms with E-state index in [-0.39, 0.29) is 11.2 Å². The third kappa shape index (κ3) is 2.42. The van der Waals surface area contributed by atoms with Crippen molar-refractivity contribution in [2.24, 2.45) is 0 Å². The maximum atomic E-state index is 10.5. The maximum Gasteiger partial charge on any atom is 0.352 e. The van der Waals surface area contributed by atoms with Crippen molar-refractivity contribution in [3.8, 4) is 0 Å². The van der Waals surface area contributed by atoms with Crippen molar-refractivity contribution in [2.75, 3.05) is 0 Å². The molecule has 0 fully saturated rings. The Bertz CT molecular complexity index is 215. The molecule has 0 bridgehead atoms. The molecule has 0 saturated heterocycles. The smallest absolute Gasteiger partial charge is 0.352 e. The first-order chi connectivity index (χ1) is 5.59. The lowest BCUT2D eigenvalue weighted by molar-refractivity contribution is -0.133. The number of carboxylic acids is 1. The van der Waals surface area contributed by atoms with Gasteiger partial charge in [-0.3, -0.25) is 5.32 Å². The molecule has 1 atom stereocenters.